The molecule has 0 saturated carbocycles. The molecule has 0 atom stereocenters. The van der Waals surface area contributed by atoms with E-state index >= 15 is 0 Å². The molecule has 0 N–H and O–H groups in total. The number of carbonyl (C=O) groups is 1. The fraction of sp³-hybridized carbons (Fsp3) is 0.500. The second-order valence-electron chi connectivity index (χ2n) is 7.38. The van der Waals surface area contributed by atoms with Crippen LogP contribution in [-0.2, 0) is 4.79 Å². The lowest BCUT2D eigenvalue weighted by Crippen LogP contribution is -2.43. The van der Waals surface area contributed by atoms with Crippen molar-refractivity contribution < 1.29 is 9.22 Å². The third kappa shape index (κ3) is 3.85. The smallest absolute Gasteiger partial charge is 0.250 e. The Morgan fingerprint density at radius 1 is 1.14 bits per heavy atom. The number of hydrogen-bond acceptors (Lipinski definition) is 2. The van der Waals surface area contributed by atoms with E-state index in [4.69, 9.17) is 4.43 Å². The van der Waals surface area contributed by atoms with Crippen LogP contribution in [0.3, 0.4) is 0 Å². The van der Waals surface area contributed by atoms with Gasteiger partial charge in [-0.05, 0) is 60.3 Å². The Kier molecular flexibility index (Phi) is 4.42. The van der Waals surface area contributed by atoms with Crippen LogP contribution in [0.5, 0.6) is 5.75 Å². The van der Waals surface area contributed by atoms with Gasteiger partial charge in [-0.1, -0.05) is 32.9 Å². The van der Waals surface area contributed by atoms with E-state index < -0.39 is 8.32 Å². The van der Waals surface area contributed by atoms with Crippen LogP contribution in [0.4, 0.5) is 0 Å². The van der Waals surface area contributed by atoms with Crippen molar-refractivity contribution in [1.29, 1.82) is 0 Å². The highest BCUT2D eigenvalue weighted by molar-refractivity contribution is 6.74. The molecule has 0 aromatic heterocycles. The lowest BCUT2D eigenvalue weighted by atomic mass is 9.93. The van der Waals surface area contributed by atoms with Gasteiger partial charge in [0.05, 0.1) is 0 Å². The first kappa shape index (κ1) is 16.0. The highest BCUT2D eigenvalue weighted by Crippen LogP contribution is 2.38. The van der Waals surface area contributed by atoms with Crippen molar-refractivity contribution in [3.63, 3.8) is 0 Å². The summed E-state index contributed by atoms with van der Waals surface area (Å²) < 4.78 is 6.35. The summed E-state index contributed by atoms with van der Waals surface area (Å²) in [5.41, 5.74) is 2.27. The zero-order chi connectivity index (χ0) is 15.7. The van der Waals surface area contributed by atoms with Crippen molar-refractivity contribution in [2.75, 3.05) is 0 Å². The molecule has 1 aliphatic rings. The quantitative estimate of drug-likeness (QED) is 0.717. The molecule has 0 fully saturated rings. The first-order valence-corrected chi connectivity index (χ1v) is 10.6. The van der Waals surface area contributed by atoms with Gasteiger partial charge in [0.25, 0.3) is 0 Å². The number of hydrogen-bond donors (Lipinski definition) is 0. The van der Waals surface area contributed by atoms with E-state index in [-0.39, 0.29) is 10.8 Å². The zero-order valence-corrected chi connectivity index (χ0v) is 14.8. The van der Waals surface area contributed by atoms with Gasteiger partial charge in [-0.15, -0.1) is 0 Å². The molecule has 0 aliphatic heterocycles. The van der Waals surface area contributed by atoms with Gasteiger partial charge in [-0.2, -0.15) is 0 Å². The molecule has 114 valence electrons. The molecule has 1 aliphatic carbocycles. The first-order valence-electron chi connectivity index (χ1n) is 7.72. The molecule has 0 bridgehead atoms. The zero-order valence-electron chi connectivity index (χ0n) is 13.8. The van der Waals surface area contributed by atoms with E-state index in [0.717, 1.165) is 29.7 Å². The lowest BCUT2D eigenvalue weighted by molar-refractivity contribution is -0.114. The van der Waals surface area contributed by atoms with Gasteiger partial charge < -0.3 is 4.43 Å². The van der Waals surface area contributed by atoms with Crippen LogP contribution in [-0.4, -0.2) is 14.1 Å². The molecular weight excluding hydrogens is 276 g/mol. The van der Waals surface area contributed by atoms with Gasteiger partial charge >= 0.3 is 0 Å². The van der Waals surface area contributed by atoms with E-state index in [1.54, 1.807) is 6.08 Å². The van der Waals surface area contributed by atoms with Crippen LogP contribution >= 0.6 is 0 Å². The molecule has 3 heteroatoms. The Hall–Kier alpha value is -1.35. The normalized spacial score (nSPS) is 16.6. The summed E-state index contributed by atoms with van der Waals surface area (Å²) in [6.07, 6.45) is 4.42. The second kappa shape index (κ2) is 5.80. The summed E-state index contributed by atoms with van der Waals surface area (Å²) in [4.78, 5) is 11.6. The van der Waals surface area contributed by atoms with Gasteiger partial charge in [0.2, 0.25) is 8.32 Å². The summed E-state index contributed by atoms with van der Waals surface area (Å²) in [7, 11) is -1.82. The molecule has 2 nitrogen and oxygen atoms in total. The molecule has 0 spiro atoms. The lowest BCUT2D eigenvalue weighted by Gasteiger charge is -2.36. The maximum atomic E-state index is 11.6. The predicted octanol–water partition coefficient (Wildman–Crippen LogP) is 5.21. The molecule has 21 heavy (non-hydrogen) atoms. The number of allylic oxidation sites excluding steroid dienone is 2. The van der Waals surface area contributed by atoms with Gasteiger partial charge in [0.1, 0.15) is 5.75 Å². The van der Waals surface area contributed by atoms with E-state index in [2.05, 4.69) is 46.0 Å². The van der Waals surface area contributed by atoms with Crippen LogP contribution in [0.25, 0.3) is 5.57 Å². The monoisotopic (exact) mass is 302 g/mol. The third-order valence-corrected chi connectivity index (χ3v) is 8.95. The maximum Gasteiger partial charge on any atom is 0.250 e. The fourth-order valence-electron chi connectivity index (χ4n) is 2.23. The first-order chi connectivity index (χ1) is 9.69. The molecule has 0 unspecified atom stereocenters. The van der Waals surface area contributed by atoms with Crippen molar-refractivity contribution in [2.24, 2.45) is 0 Å². The Bertz CT molecular complexity index is 565. The Morgan fingerprint density at radius 2 is 1.86 bits per heavy atom. The van der Waals surface area contributed by atoms with Crippen LogP contribution in [0.15, 0.2) is 30.3 Å². The SMILES string of the molecule is CC(C)(C)[Si](C)(C)Oc1cccc(C2=CC(=O)CCC2)c1. The average molecular weight is 302 g/mol. The van der Waals surface area contributed by atoms with E-state index in [0.29, 0.717) is 6.42 Å². The third-order valence-electron chi connectivity index (χ3n) is 4.59. The molecule has 0 saturated heterocycles. The van der Waals surface area contributed by atoms with Crippen molar-refractivity contribution in [1.82, 2.24) is 0 Å². The van der Waals surface area contributed by atoms with E-state index in [9.17, 15) is 4.79 Å². The standard InChI is InChI=1S/C18H26O2Si/c1-18(2,3)21(4,5)20-17-11-7-9-15(13-17)14-8-6-10-16(19)12-14/h7,9,11-13H,6,8,10H2,1-5H3. The minimum absolute atomic E-state index is 0.184. The Labute approximate surface area is 129 Å². The minimum atomic E-state index is -1.82. The summed E-state index contributed by atoms with van der Waals surface area (Å²) in [6.45, 7) is 11.2. The summed E-state index contributed by atoms with van der Waals surface area (Å²) in [5, 5.41) is 0.184. The van der Waals surface area contributed by atoms with E-state index in [1.165, 1.54) is 0 Å². The average Bonchev–Trinajstić information content (AvgIpc) is 2.37. The van der Waals surface area contributed by atoms with Crippen molar-refractivity contribution >= 4 is 19.7 Å². The molecule has 1 aromatic rings. The number of rotatable bonds is 3. The van der Waals surface area contributed by atoms with Gasteiger partial charge in [0.15, 0.2) is 5.78 Å². The van der Waals surface area contributed by atoms with Gasteiger partial charge in [-0.25, -0.2) is 0 Å². The Morgan fingerprint density at radius 3 is 2.48 bits per heavy atom. The largest absolute Gasteiger partial charge is 0.543 e. The highest BCUT2D eigenvalue weighted by atomic mass is 28.4. The second-order valence-corrected chi connectivity index (χ2v) is 12.1. The van der Waals surface area contributed by atoms with Crippen molar-refractivity contribution in [2.45, 2.75) is 58.2 Å². The highest BCUT2D eigenvalue weighted by Gasteiger charge is 2.38. The fourth-order valence-corrected chi connectivity index (χ4v) is 3.25. The van der Waals surface area contributed by atoms with Crippen LogP contribution in [0.2, 0.25) is 18.1 Å². The van der Waals surface area contributed by atoms with Gasteiger partial charge in [-0.3, -0.25) is 4.79 Å². The summed E-state index contributed by atoms with van der Waals surface area (Å²) in [6, 6.07) is 8.21. The summed E-state index contributed by atoms with van der Waals surface area (Å²) in [5.74, 6) is 1.17. The van der Waals surface area contributed by atoms with E-state index in [1.807, 2.05) is 12.1 Å². The van der Waals surface area contributed by atoms with Crippen molar-refractivity contribution in [3.8, 4) is 5.75 Å². The minimum Gasteiger partial charge on any atom is -0.543 e. The van der Waals surface area contributed by atoms with Crippen LogP contribution in [0.1, 0.15) is 45.6 Å². The molecule has 0 radical (unpaired) electrons. The topological polar surface area (TPSA) is 26.3 Å². The molecule has 2 rings (SSSR count). The summed E-state index contributed by atoms with van der Waals surface area (Å²) >= 11 is 0. The van der Waals surface area contributed by atoms with Gasteiger partial charge in [0, 0.05) is 6.42 Å². The van der Waals surface area contributed by atoms with Crippen molar-refractivity contribution in [3.05, 3.63) is 35.9 Å². The molecule has 1 aromatic carbocycles. The Balaban J connectivity index is 2.25. The molecular formula is C18H26O2Si. The molecule has 0 amide bonds. The number of ketones is 1. The molecule has 0 heterocycles. The predicted molar refractivity (Wildman–Crippen MR) is 91.1 cm³/mol. The number of benzene rings is 1. The maximum absolute atomic E-state index is 11.6. The van der Waals surface area contributed by atoms with Crippen LogP contribution < -0.4 is 4.43 Å². The number of carbonyl (C=O) groups excluding carboxylic acids is 1. The van der Waals surface area contributed by atoms with Crippen LogP contribution in [0, 0.1) is 0 Å².